The van der Waals surface area contributed by atoms with E-state index in [0.29, 0.717) is 17.1 Å². The second-order valence-electron chi connectivity index (χ2n) is 4.53. The van der Waals surface area contributed by atoms with Gasteiger partial charge in [0.1, 0.15) is 5.82 Å². The van der Waals surface area contributed by atoms with Gasteiger partial charge in [-0.2, -0.15) is 0 Å². The number of halogens is 1. The Bertz CT molecular complexity index is 701. The molecule has 1 heterocycles. The number of pyridine rings is 1. The average Bonchev–Trinajstić information content (AvgIpc) is 2.42. The van der Waals surface area contributed by atoms with E-state index >= 15 is 0 Å². The fraction of sp³-hybridized carbons (Fsp3) is 0.133. The van der Waals surface area contributed by atoms with Gasteiger partial charge in [-0.1, -0.05) is 15.9 Å². The van der Waals surface area contributed by atoms with Crippen LogP contribution in [0.4, 0.5) is 11.5 Å². The number of amides is 2. The zero-order valence-electron chi connectivity index (χ0n) is 11.6. The summed E-state index contributed by atoms with van der Waals surface area (Å²) in [6.45, 7) is 3.33. The topological polar surface area (TPSA) is 71.1 Å². The molecule has 1 aromatic heterocycles. The van der Waals surface area contributed by atoms with Crippen molar-refractivity contribution in [3.05, 3.63) is 52.1 Å². The van der Waals surface area contributed by atoms with E-state index in [0.717, 1.165) is 10.0 Å². The normalized spacial score (nSPS) is 10.0. The van der Waals surface area contributed by atoms with Crippen LogP contribution in [0.25, 0.3) is 0 Å². The van der Waals surface area contributed by atoms with E-state index in [1.54, 1.807) is 6.07 Å². The molecule has 2 amide bonds. The van der Waals surface area contributed by atoms with E-state index in [1.165, 1.54) is 19.2 Å². The predicted molar refractivity (Wildman–Crippen MR) is 85.4 cm³/mol. The zero-order chi connectivity index (χ0) is 15.4. The fourth-order valence-corrected chi connectivity index (χ4v) is 1.99. The van der Waals surface area contributed by atoms with Crippen molar-refractivity contribution < 1.29 is 9.59 Å². The monoisotopic (exact) mass is 347 g/mol. The average molecular weight is 348 g/mol. The molecule has 0 spiro atoms. The number of nitrogens with one attached hydrogen (secondary N) is 2. The number of anilines is 2. The van der Waals surface area contributed by atoms with Crippen molar-refractivity contribution in [2.24, 2.45) is 0 Å². The highest BCUT2D eigenvalue weighted by Gasteiger charge is 2.08. The Labute approximate surface area is 130 Å². The van der Waals surface area contributed by atoms with E-state index in [9.17, 15) is 9.59 Å². The zero-order valence-corrected chi connectivity index (χ0v) is 13.2. The predicted octanol–water partition coefficient (Wildman–Crippen LogP) is 3.36. The lowest BCUT2D eigenvalue weighted by Crippen LogP contribution is -2.14. The summed E-state index contributed by atoms with van der Waals surface area (Å²) < 4.78 is 0.984. The lowest BCUT2D eigenvalue weighted by molar-refractivity contribution is -0.114. The van der Waals surface area contributed by atoms with Gasteiger partial charge < -0.3 is 10.6 Å². The van der Waals surface area contributed by atoms with Crippen LogP contribution in [0.2, 0.25) is 0 Å². The van der Waals surface area contributed by atoms with Crippen molar-refractivity contribution in [2.75, 3.05) is 10.6 Å². The lowest BCUT2D eigenvalue weighted by Gasteiger charge is -2.08. The smallest absolute Gasteiger partial charge is 0.255 e. The second-order valence-corrected chi connectivity index (χ2v) is 5.38. The summed E-state index contributed by atoms with van der Waals surface area (Å²) in [6.07, 6.45) is 1.48. The molecule has 2 aromatic rings. The molecule has 0 bridgehead atoms. The van der Waals surface area contributed by atoms with Crippen molar-refractivity contribution in [3.8, 4) is 0 Å². The summed E-state index contributed by atoms with van der Waals surface area (Å²) in [4.78, 5) is 27.2. The minimum atomic E-state index is -0.259. The summed E-state index contributed by atoms with van der Waals surface area (Å²) in [5, 5.41) is 5.35. The summed E-state index contributed by atoms with van der Waals surface area (Å²) in [7, 11) is 0. The Hall–Kier alpha value is -2.21. The molecule has 2 N–H and O–H groups in total. The van der Waals surface area contributed by atoms with Crippen LogP contribution >= 0.6 is 15.9 Å². The molecule has 5 nitrogen and oxygen atoms in total. The van der Waals surface area contributed by atoms with E-state index in [-0.39, 0.29) is 11.8 Å². The Morgan fingerprint density at radius 1 is 1.14 bits per heavy atom. The number of carbonyl (C=O) groups is 2. The molecule has 108 valence electrons. The van der Waals surface area contributed by atoms with Crippen LogP contribution in [0.5, 0.6) is 0 Å². The molecule has 6 heteroatoms. The molecule has 0 aliphatic rings. The number of hydrogen-bond acceptors (Lipinski definition) is 3. The Morgan fingerprint density at radius 2 is 1.90 bits per heavy atom. The molecule has 21 heavy (non-hydrogen) atoms. The highest BCUT2D eigenvalue weighted by Crippen LogP contribution is 2.20. The molecular formula is C15H14BrN3O2. The van der Waals surface area contributed by atoms with Gasteiger partial charge in [0.25, 0.3) is 5.91 Å². The Morgan fingerprint density at radius 3 is 2.57 bits per heavy atom. The van der Waals surface area contributed by atoms with E-state index in [2.05, 4.69) is 31.5 Å². The minimum Gasteiger partial charge on any atom is -0.322 e. The van der Waals surface area contributed by atoms with Gasteiger partial charge >= 0.3 is 0 Å². The number of rotatable bonds is 3. The highest BCUT2D eigenvalue weighted by molar-refractivity contribution is 9.10. The molecule has 0 saturated carbocycles. The maximum Gasteiger partial charge on any atom is 0.255 e. The van der Waals surface area contributed by atoms with Gasteiger partial charge in [0, 0.05) is 28.8 Å². The maximum absolute atomic E-state index is 12.2. The summed E-state index contributed by atoms with van der Waals surface area (Å²) in [6, 6.07) is 8.68. The van der Waals surface area contributed by atoms with Gasteiger partial charge in [-0.3, -0.25) is 9.59 Å². The van der Waals surface area contributed by atoms with Gasteiger partial charge in [-0.05, 0) is 42.8 Å². The first-order chi connectivity index (χ1) is 9.95. The first-order valence-electron chi connectivity index (χ1n) is 6.27. The summed E-state index contributed by atoms with van der Waals surface area (Å²) >= 11 is 3.41. The van der Waals surface area contributed by atoms with Gasteiger partial charge in [-0.25, -0.2) is 4.98 Å². The number of aromatic nitrogens is 1. The molecule has 1 aromatic carbocycles. The Kier molecular flexibility index (Phi) is 4.70. The molecule has 0 aliphatic carbocycles. The Balaban J connectivity index is 2.16. The molecule has 0 fully saturated rings. The molecule has 0 unspecified atom stereocenters. The number of hydrogen-bond donors (Lipinski definition) is 2. The van der Waals surface area contributed by atoms with Crippen molar-refractivity contribution >= 4 is 39.2 Å². The van der Waals surface area contributed by atoms with Crippen molar-refractivity contribution in [1.82, 2.24) is 4.98 Å². The minimum absolute atomic E-state index is 0.233. The standard InChI is InChI=1S/C15H14BrN3O2/c1-9-7-12(3-4-13(9)16)19-15(21)11-5-6-17-14(8-11)18-10(2)20/h3-8H,1-2H3,(H,19,21)(H,17,18,20). The fourth-order valence-electron chi connectivity index (χ4n) is 1.75. The first-order valence-corrected chi connectivity index (χ1v) is 7.06. The largest absolute Gasteiger partial charge is 0.322 e. The van der Waals surface area contributed by atoms with Crippen molar-refractivity contribution in [2.45, 2.75) is 13.8 Å². The van der Waals surface area contributed by atoms with Crippen molar-refractivity contribution in [1.29, 1.82) is 0 Å². The van der Waals surface area contributed by atoms with E-state index in [4.69, 9.17) is 0 Å². The van der Waals surface area contributed by atoms with Crippen LogP contribution in [-0.4, -0.2) is 16.8 Å². The number of nitrogens with zero attached hydrogens (tertiary/aromatic N) is 1. The molecule has 0 radical (unpaired) electrons. The van der Waals surface area contributed by atoms with Gasteiger partial charge in [0.05, 0.1) is 0 Å². The number of benzene rings is 1. The molecule has 0 saturated heterocycles. The van der Waals surface area contributed by atoms with Crippen LogP contribution in [0, 0.1) is 6.92 Å². The van der Waals surface area contributed by atoms with Crippen LogP contribution in [0.15, 0.2) is 41.0 Å². The third-order valence-electron chi connectivity index (χ3n) is 2.74. The van der Waals surface area contributed by atoms with Crippen LogP contribution in [0.3, 0.4) is 0 Å². The third kappa shape index (κ3) is 4.13. The van der Waals surface area contributed by atoms with Crippen LogP contribution in [-0.2, 0) is 4.79 Å². The molecule has 2 rings (SSSR count). The molecular weight excluding hydrogens is 334 g/mol. The second kappa shape index (κ2) is 6.49. The van der Waals surface area contributed by atoms with Gasteiger partial charge in [0.15, 0.2) is 0 Å². The number of aryl methyl sites for hydroxylation is 1. The van der Waals surface area contributed by atoms with Crippen molar-refractivity contribution in [3.63, 3.8) is 0 Å². The first kappa shape index (κ1) is 15.2. The summed E-state index contributed by atoms with van der Waals surface area (Å²) in [5.74, 6) is -0.142. The maximum atomic E-state index is 12.2. The highest BCUT2D eigenvalue weighted by atomic mass is 79.9. The quantitative estimate of drug-likeness (QED) is 0.894. The van der Waals surface area contributed by atoms with Gasteiger partial charge in [0.2, 0.25) is 5.91 Å². The van der Waals surface area contributed by atoms with Crippen LogP contribution < -0.4 is 10.6 Å². The molecule has 0 aliphatic heterocycles. The summed E-state index contributed by atoms with van der Waals surface area (Å²) in [5.41, 5.74) is 2.16. The van der Waals surface area contributed by atoms with E-state index < -0.39 is 0 Å². The van der Waals surface area contributed by atoms with Crippen LogP contribution in [0.1, 0.15) is 22.8 Å². The third-order valence-corrected chi connectivity index (χ3v) is 3.63. The van der Waals surface area contributed by atoms with E-state index in [1.807, 2.05) is 25.1 Å². The lowest BCUT2D eigenvalue weighted by atomic mass is 10.2. The SMILES string of the molecule is CC(=O)Nc1cc(C(=O)Nc2ccc(Br)c(C)c2)ccn1. The number of carbonyl (C=O) groups excluding carboxylic acids is 2. The van der Waals surface area contributed by atoms with Gasteiger partial charge in [-0.15, -0.1) is 0 Å². The molecule has 0 atom stereocenters.